The molecule has 0 aromatic heterocycles. The minimum absolute atomic E-state index is 0.00412. The monoisotopic (exact) mass is 532 g/mol. The van der Waals surface area contributed by atoms with Crippen LogP contribution in [0.3, 0.4) is 0 Å². The molecule has 8 nitrogen and oxygen atoms in total. The van der Waals surface area contributed by atoms with Crippen molar-refractivity contribution in [2.45, 2.75) is 146 Å². The van der Waals surface area contributed by atoms with Crippen LogP contribution in [0.25, 0.3) is 0 Å². The van der Waals surface area contributed by atoms with Crippen LogP contribution in [0.15, 0.2) is 0 Å². The summed E-state index contributed by atoms with van der Waals surface area (Å²) in [5.41, 5.74) is -2.51. The number of carbonyl (C=O) groups excluding carboxylic acids is 1. The number of hydrogen-bond donors (Lipinski definition) is 2. The third-order valence-corrected chi connectivity index (χ3v) is 13.7. The average molecular weight is 533 g/mol. The van der Waals surface area contributed by atoms with Gasteiger partial charge in [-0.25, -0.2) is 0 Å². The van der Waals surface area contributed by atoms with Crippen LogP contribution in [0.1, 0.15) is 81.1 Å². The fourth-order valence-corrected chi connectivity index (χ4v) is 12.2. The van der Waals surface area contributed by atoms with Crippen molar-refractivity contribution >= 4 is 5.78 Å². The van der Waals surface area contributed by atoms with E-state index in [2.05, 4.69) is 55.4 Å². The Morgan fingerprint density at radius 3 is 2.05 bits per heavy atom. The maximum absolute atomic E-state index is 12.8. The van der Waals surface area contributed by atoms with E-state index in [1.165, 1.54) is 0 Å². The summed E-state index contributed by atoms with van der Waals surface area (Å²) >= 11 is 0. The Kier molecular flexibility index (Phi) is 4.33. The number of Topliss-reactive ketones (excluding diaryl/α,β-unsaturated/α-hetero) is 1. The summed E-state index contributed by atoms with van der Waals surface area (Å²) in [6.07, 6.45) is 2.16. The third kappa shape index (κ3) is 2.09. The predicted octanol–water partition coefficient (Wildman–Crippen LogP) is 2.75. The lowest BCUT2D eigenvalue weighted by Gasteiger charge is -2.67. The first-order valence-corrected chi connectivity index (χ1v) is 14.9. The molecule has 8 heteroatoms. The molecule has 7 aliphatic heterocycles. The Balaban J connectivity index is 0.000000118. The van der Waals surface area contributed by atoms with E-state index in [-0.39, 0.29) is 58.1 Å². The summed E-state index contributed by atoms with van der Waals surface area (Å²) in [5, 5.41) is 21.6. The summed E-state index contributed by atoms with van der Waals surface area (Å²) in [5.74, 6) is 0.198. The van der Waals surface area contributed by atoms with Crippen LogP contribution in [-0.2, 0) is 28.5 Å². The highest BCUT2D eigenvalue weighted by Crippen LogP contribution is 2.80. The lowest BCUT2D eigenvalue weighted by molar-refractivity contribution is -0.457. The van der Waals surface area contributed by atoms with Crippen molar-refractivity contribution < 1.29 is 38.7 Å². The largest absolute Gasteiger partial charge is 0.390 e. The Labute approximate surface area is 225 Å². The number of carbonyl (C=O) groups is 1. The fourth-order valence-electron chi connectivity index (χ4n) is 12.2. The molecule has 38 heavy (non-hydrogen) atoms. The van der Waals surface area contributed by atoms with Crippen molar-refractivity contribution in [2.24, 2.45) is 34.5 Å². The van der Waals surface area contributed by atoms with Gasteiger partial charge in [-0.05, 0) is 65.2 Å². The zero-order valence-electron chi connectivity index (χ0n) is 23.9. The number of ether oxygens (including phenoxy) is 5. The maximum Gasteiger partial charge on any atom is 0.228 e. The van der Waals surface area contributed by atoms with Crippen LogP contribution in [-0.4, -0.2) is 80.8 Å². The zero-order chi connectivity index (χ0) is 27.2. The summed E-state index contributed by atoms with van der Waals surface area (Å²) in [6, 6.07) is 0. The standard InChI is InChI=1S/2C15H22O4/c1-7-5-6-8-14-13(7,4)10-9(18-14)11(15(14,16)17-8)19-12(10,2)3;1-7-5-6-8(16)15-12(17)10-9(19-15)11(14(7,15)4)13(2,3)18-10/h2*7-11,16H,5-6H2,1-4H3. The van der Waals surface area contributed by atoms with Gasteiger partial charge in [-0.15, -0.1) is 0 Å². The van der Waals surface area contributed by atoms with Gasteiger partial charge in [-0.2, -0.15) is 0 Å². The first-order chi connectivity index (χ1) is 17.6. The molecule has 0 radical (unpaired) electrons. The first kappa shape index (κ1) is 25.1. The molecule has 7 saturated heterocycles. The Hall–Kier alpha value is -0.610. The molecular weight excluding hydrogens is 488 g/mol. The summed E-state index contributed by atoms with van der Waals surface area (Å²) in [6.45, 7) is 17.3. The number of fused-ring (bicyclic) bond motifs is 3. The van der Waals surface area contributed by atoms with Crippen LogP contribution in [0, 0.1) is 34.5 Å². The molecule has 2 saturated carbocycles. The molecule has 212 valence electrons. The minimum Gasteiger partial charge on any atom is -0.390 e. The van der Waals surface area contributed by atoms with Crippen molar-refractivity contribution in [3.63, 3.8) is 0 Å². The summed E-state index contributed by atoms with van der Waals surface area (Å²) in [7, 11) is 0. The van der Waals surface area contributed by atoms with Gasteiger partial charge < -0.3 is 33.9 Å². The normalized spacial score (nSPS) is 66.2. The Morgan fingerprint density at radius 1 is 0.737 bits per heavy atom. The van der Waals surface area contributed by atoms with Gasteiger partial charge in [0.2, 0.25) is 5.79 Å². The number of aliphatic hydroxyl groups excluding tert-OH is 1. The van der Waals surface area contributed by atoms with E-state index < -0.39 is 29.2 Å². The van der Waals surface area contributed by atoms with E-state index in [1.807, 2.05) is 0 Å². The molecule has 9 aliphatic rings. The molecular formula is C30H44O8. The lowest BCUT2D eigenvalue weighted by atomic mass is 9.44. The van der Waals surface area contributed by atoms with Crippen molar-refractivity contribution in [1.29, 1.82) is 0 Å². The van der Waals surface area contributed by atoms with Gasteiger partial charge in [-0.3, -0.25) is 4.79 Å². The van der Waals surface area contributed by atoms with Gasteiger partial charge in [0.25, 0.3) is 0 Å². The van der Waals surface area contributed by atoms with Crippen molar-refractivity contribution in [1.82, 2.24) is 0 Å². The number of ketones is 1. The van der Waals surface area contributed by atoms with Crippen LogP contribution >= 0.6 is 0 Å². The molecule has 9 rings (SSSR count). The van der Waals surface area contributed by atoms with Crippen LogP contribution < -0.4 is 0 Å². The number of rotatable bonds is 0. The smallest absolute Gasteiger partial charge is 0.228 e. The van der Waals surface area contributed by atoms with Gasteiger partial charge >= 0.3 is 0 Å². The van der Waals surface area contributed by atoms with Crippen LogP contribution in [0.2, 0.25) is 0 Å². The highest BCUT2D eigenvalue weighted by molar-refractivity contribution is 5.98. The van der Waals surface area contributed by atoms with Crippen LogP contribution in [0.5, 0.6) is 0 Å². The van der Waals surface area contributed by atoms with Crippen molar-refractivity contribution in [3.8, 4) is 0 Å². The topological polar surface area (TPSA) is 104 Å². The molecule has 2 aliphatic carbocycles. The van der Waals surface area contributed by atoms with E-state index in [1.54, 1.807) is 0 Å². The van der Waals surface area contributed by atoms with E-state index in [0.717, 1.165) is 19.3 Å². The molecule has 9 fully saturated rings. The van der Waals surface area contributed by atoms with Gasteiger partial charge in [0.1, 0.15) is 12.2 Å². The second-order valence-corrected chi connectivity index (χ2v) is 15.6. The Bertz CT molecular complexity index is 1140. The minimum atomic E-state index is -1.21. The molecule has 0 amide bonds. The number of aliphatic hydroxyl groups is 2. The third-order valence-electron chi connectivity index (χ3n) is 13.7. The van der Waals surface area contributed by atoms with Gasteiger partial charge in [0, 0.05) is 22.7 Å². The summed E-state index contributed by atoms with van der Waals surface area (Å²) in [4.78, 5) is 12.8. The molecule has 7 heterocycles. The van der Waals surface area contributed by atoms with Crippen molar-refractivity contribution in [2.75, 3.05) is 0 Å². The van der Waals surface area contributed by atoms with E-state index in [4.69, 9.17) is 23.7 Å². The highest BCUT2D eigenvalue weighted by Gasteiger charge is 2.95. The van der Waals surface area contributed by atoms with E-state index in [9.17, 15) is 15.0 Å². The Morgan fingerprint density at radius 2 is 1.34 bits per heavy atom. The fraction of sp³-hybridized carbons (Fsp3) is 0.967. The molecule has 4 bridgehead atoms. The predicted molar refractivity (Wildman–Crippen MR) is 134 cm³/mol. The first-order valence-electron chi connectivity index (χ1n) is 14.9. The summed E-state index contributed by atoms with van der Waals surface area (Å²) < 4.78 is 30.7. The lowest BCUT2D eigenvalue weighted by Crippen LogP contribution is -2.84. The quantitative estimate of drug-likeness (QED) is 0.491. The van der Waals surface area contributed by atoms with Crippen LogP contribution in [0.4, 0.5) is 0 Å². The van der Waals surface area contributed by atoms with Crippen molar-refractivity contribution in [3.05, 3.63) is 0 Å². The molecule has 0 aromatic carbocycles. The van der Waals surface area contributed by atoms with Gasteiger partial charge in [0.05, 0.1) is 35.6 Å². The molecule has 15 atom stereocenters. The molecule has 0 aromatic rings. The molecule has 2 N–H and O–H groups in total. The highest BCUT2D eigenvalue weighted by atomic mass is 16.8. The SMILES string of the molecule is CC1CCC(O)C23OC4C(OC(C)(C)C4C12C)C3=O.CC1CCC2OC3(O)C4OC(C)(C)C5C4OC23C15C. The second-order valence-electron chi connectivity index (χ2n) is 15.6. The molecule has 2 spiro atoms. The van der Waals surface area contributed by atoms with Gasteiger partial charge in [0.15, 0.2) is 17.0 Å². The maximum atomic E-state index is 12.8. The second kappa shape index (κ2) is 6.55. The average Bonchev–Trinajstić information content (AvgIpc) is 3.55. The van der Waals surface area contributed by atoms with Gasteiger partial charge in [-0.1, -0.05) is 27.7 Å². The number of hydrogen-bond acceptors (Lipinski definition) is 8. The molecule has 15 unspecified atom stereocenters. The van der Waals surface area contributed by atoms with E-state index >= 15 is 0 Å². The van der Waals surface area contributed by atoms with E-state index in [0.29, 0.717) is 24.2 Å². The zero-order valence-corrected chi connectivity index (χ0v) is 23.9.